The molecule has 2 rings (SSSR count). The molecule has 0 aromatic carbocycles. The third-order valence-corrected chi connectivity index (χ3v) is 5.33. The fourth-order valence-corrected chi connectivity index (χ4v) is 3.92. The molecule has 0 amide bonds. The van der Waals surface area contributed by atoms with Gasteiger partial charge in [0.15, 0.2) is 5.96 Å². The zero-order chi connectivity index (χ0) is 18.2. The van der Waals surface area contributed by atoms with Crippen LogP contribution >= 0.6 is 0 Å². The first kappa shape index (κ1) is 20.5. The molecule has 0 aliphatic carbocycles. The summed E-state index contributed by atoms with van der Waals surface area (Å²) in [5.41, 5.74) is 0. The lowest BCUT2D eigenvalue weighted by Gasteiger charge is -2.38. The first-order valence-electron chi connectivity index (χ1n) is 10.0. The average Bonchev–Trinajstić information content (AvgIpc) is 2.59. The number of rotatable bonds is 6. The second-order valence-corrected chi connectivity index (χ2v) is 8.08. The average molecular weight is 354 g/mol. The van der Waals surface area contributed by atoms with Crippen LogP contribution in [0, 0.1) is 5.92 Å². The first-order chi connectivity index (χ1) is 12.0. The SMILES string of the molecule is CN=C(NCC(C)N1CCOCC1C)NC1CCN(CC(C)C)CC1. The van der Waals surface area contributed by atoms with Gasteiger partial charge in [-0.2, -0.15) is 0 Å². The molecule has 0 radical (unpaired) electrons. The standard InChI is InChI=1S/C19H39N5O/c1-15(2)13-23-8-6-18(7-9-23)22-19(20-5)21-12-16(3)24-10-11-25-14-17(24)4/h15-18H,6-14H2,1-5H3,(H2,20,21,22). The van der Waals surface area contributed by atoms with Crippen LogP contribution in [0.15, 0.2) is 4.99 Å². The number of nitrogens with one attached hydrogen (secondary N) is 2. The zero-order valence-corrected chi connectivity index (χ0v) is 16.9. The summed E-state index contributed by atoms with van der Waals surface area (Å²) >= 11 is 0. The van der Waals surface area contributed by atoms with E-state index in [4.69, 9.17) is 4.74 Å². The summed E-state index contributed by atoms with van der Waals surface area (Å²) in [5, 5.41) is 7.14. The molecular formula is C19H39N5O. The maximum Gasteiger partial charge on any atom is 0.191 e. The van der Waals surface area contributed by atoms with Crippen molar-refractivity contribution in [1.82, 2.24) is 20.4 Å². The number of nitrogens with zero attached hydrogens (tertiary/aromatic N) is 3. The van der Waals surface area contributed by atoms with E-state index in [1.54, 1.807) is 0 Å². The van der Waals surface area contributed by atoms with E-state index >= 15 is 0 Å². The van der Waals surface area contributed by atoms with Crippen LogP contribution in [0.2, 0.25) is 0 Å². The summed E-state index contributed by atoms with van der Waals surface area (Å²) in [5.74, 6) is 1.69. The Hall–Kier alpha value is -0.850. The number of hydrogen-bond acceptors (Lipinski definition) is 4. The Morgan fingerprint density at radius 1 is 1.20 bits per heavy atom. The Kier molecular flexibility index (Phi) is 8.46. The topological polar surface area (TPSA) is 52.1 Å². The number of morpholine rings is 1. The van der Waals surface area contributed by atoms with Crippen molar-refractivity contribution in [2.24, 2.45) is 10.9 Å². The monoisotopic (exact) mass is 353 g/mol. The largest absolute Gasteiger partial charge is 0.379 e. The van der Waals surface area contributed by atoms with Gasteiger partial charge in [0.05, 0.1) is 13.2 Å². The van der Waals surface area contributed by atoms with Crippen molar-refractivity contribution in [3.05, 3.63) is 0 Å². The van der Waals surface area contributed by atoms with Gasteiger partial charge in [-0.1, -0.05) is 13.8 Å². The summed E-state index contributed by atoms with van der Waals surface area (Å²) in [4.78, 5) is 9.53. The van der Waals surface area contributed by atoms with Gasteiger partial charge < -0.3 is 20.3 Å². The van der Waals surface area contributed by atoms with Gasteiger partial charge in [-0.05, 0) is 32.6 Å². The highest BCUT2D eigenvalue weighted by atomic mass is 16.5. The minimum atomic E-state index is 0.477. The maximum atomic E-state index is 5.54. The number of ether oxygens (including phenoxy) is 1. The minimum absolute atomic E-state index is 0.477. The van der Waals surface area contributed by atoms with Gasteiger partial charge in [0, 0.05) is 57.9 Å². The predicted molar refractivity (Wildman–Crippen MR) is 105 cm³/mol. The van der Waals surface area contributed by atoms with E-state index < -0.39 is 0 Å². The van der Waals surface area contributed by atoms with Crippen LogP contribution < -0.4 is 10.6 Å². The van der Waals surface area contributed by atoms with Crippen LogP contribution in [0.4, 0.5) is 0 Å². The third kappa shape index (κ3) is 6.76. The summed E-state index contributed by atoms with van der Waals surface area (Å²) < 4.78 is 5.54. The fraction of sp³-hybridized carbons (Fsp3) is 0.947. The van der Waals surface area contributed by atoms with Crippen molar-refractivity contribution in [1.29, 1.82) is 0 Å². The summed E-state index contributed by atoms with van der Waals surface area (Å²) in [6.07, 6.45) is 2.40. The lowest BCUT2D eigenvalue weighted by Crippen LogP contribution is -2.54. The molecule has 0 bridgehead atoms. The summed E-state index contributed by atoms with van der Waals surface area (Å²) in [6, 6.07) is 1.50. The van der Waals surface area contributed by atoms with Gasteiger partial charge >= 0.3 is 0 Å². The van der Waals surface area contributed by atoms with E-state index in [1.165, 1.54) is 32.5 Å². The number of hydrogen-bond donors (Lipinski definition) is 2. The van der Waals surface area contributed by atoms with Crippen molar-refractivity contribution >= 4 is 5.96 Å². The Labute approximate surface area is 154 Å². The van der Waals surface area contributed by atoms with Crippen molar-refractivity contribution in [2.45, 2.75) is 58.7 Å². The van der Waals surface area contributed by atoms with Crippen LogP contribution in [0.5, 0.6) is 0 Å². The van der Waals surface area contributed by atoms with Gasteiger partial charge in [0.1, 0.15) is 0 Å². The van der Waals surface area contributed by atoms with Gasteiger partial charge in [-0.3, -0.25) is 9.89 Å². The lowest BCUT2D eigenvalue weighted by atomic mass is 10.0. The molecule has 0 aromatic rings. The quantitative estimate of drug-likeness (QED) is 0.558. The molecule has 2 unspecified atom stereocenters. The van der Waals surface area contributed by atoms with Crippen molar-refractivity contribution < 1.29 is 4.74 Å². The van der Waals surface area contributed by atoms with Crippen molar-refractivity contribution in [3.8, 4) is 0 Å². The lowest BCUT2D eigenvalue weighted by molar-refractivity contribution is -0.0174. The molecular weight excluding hydrogens is 314 g/mol. The van der Waals surface area contributed by atoms with Gasteiger partial charge in [-0.15, -0.1) is 0 Å². The molecule has 25 heavy (non-hydrogen) atoms. The van der Waals surface area contributed by atoms with Crippen LogP contribution in [0.25, 0.3) is 0 Å². The summed E-state index contributed by atoms with van der Waals surface area (Å²) in [7, 11) is 1.87. The van der Waals surface area contributed by atoms with Gasteiger partial charge in [-0.25, -0.2) is 0 Å². The van der Waals surface area contributed by atoms with E-state index in [0.717, 1.165) is 38.2 Å². The van der Waals surface area contributed by atoms with E-state index in [9.17, 15) is 0 Å². The third-order valence-electron chi connectivity index (χ3n) is 5.33. The molecule has 146 valence electrons. The molecule has 2 heterocycles. The van der Waals surface area contributed by atoms with Crippen LogP contribution in [-0.2, 0) is 4.74 Å². The Morgan fingerprint density at radius 2 is 1.92 bits per heavy atom. The van der Waals surface area contributed by atoms with Crippen molar-refractivity contribution in [3.63, 3.8) is 0 Å². The second-order valence-electron chi connectivity index (χ2n) is 8.08. The number of likely N-dealkylation sites (tertiary alicyclic amines) is 1. The summed E-state index contributed by atoms with van der Waals surface area (Å²) in [6.45, 7) is 16.3. The molecule has 2 atom stereocenters. The van der Waals surface area contributed by atoms with E-state index in [0.29, 0.717) is 18.1 Å². The highest BCUT2D eigenvalue weighted by molar-refractivity contribution is 5.80. The first-order valence-corrected chi connectivity index (χ1v) is 10.0. The molecule has 2 N–H and O–H groups in total. The Morgan fingerprint density at radius 3 is 2.52 bits per heavy atom. The molecule has 2 aliphatic heterocycles. The van der Waals surface area contributed by atoms with Gasteiger partial charge in [0.2, 0.25) is 0 Å². The molecule has 0 saturated carbocycles. The van der Waals surface area contributed by atoms with Crippen molar-refractivity contribution in [2.75, 3.05) is 53.0 Å². The number of aliphatic imine (C=N–C) groups is 1. The molecule has 0 aromatic heterocycles. The van der Waals surface area contributed by atoms with Crippen LogP contribution in [0.1, 0.15) is 40.5 Å². The molecule has 2 aliphatic rings. The Balaban J connectivity index is 1.70. The molecule has 2 saturated heterocycles. The smallest absolute Gasteiger partial charge is 0.191 e. The van der Waals surface area contributed by atoms with Crippen LogP contribution in [-0.4, -0.2) is 86.9 Å². The molecule has 2 fully saturated rings. The highest BCUT2D eigenvalue weighted by Gasteiger charge is 2.24. The van der Waals surface area contributed by atoms with E-state index in [1.807, 2.05) is 7.05 Å². The molecule has 0 spiro atoms. The predicted octanol–water partition coefficient (Wildman–Crippen LogP) is 1.38. The highest BCUT2D eigenvalue weighted by Crippen LogP contribution is 2.12. The van der Waals surface area contributed by atoms with E-state index in [-0.39, 0.29) is 0 Å². The van der Waals surface area contributed by atoms with E-state index in [2.05, 4.69) is 53.1 Å². The maximum absolute atomic E-state index is 5.54. The van der Waals surface area contributed by atoms with Gasteiger partial charge in [0.25, 0.3) is 0 Å². The second kappa shape index (κ2) is 10.3. The number of guanidine groups is 1. The van der Waals surface area contributed by atoms with Crippen LogP contribution in [0.3, 0.4) is 0 Å². The Bertz CT molecular complexity index is 407. The molecule has 6 heteroatoms. The minimum Gasteiger partial charge on any atom is -0.379 e. The zero-order valence-electron chi connectivity index (χ0n) is 16.9. The molecule has 6 nitrogen and oxygen atoms in total. The normalized spacial score (nSPS) is 26.0. The number of piperidine rings is 1. The fourth-order valence-electron chi connectivity index (χ4n) is 3.92.